The second kappa shape index (κ2) is 9.52. The number of carbonyl (C=O) groups excluding carboxylic acids is 1. The van der Waals surface area contributed by atoms with E-state index in [9.17, 15) is 14.9 Å². The highest BCUT2D eigenvalue weighted by Gasteiger charge is 2.19. The summed E-state index contributed by atoms with van der Waals surface area (Å²) in [6.07, 6.45) is 0. The number of non-ortho nitro benzene ring substituents is 1. The molecule has 160 valence electrons. The predicted molar refractivity (Wildman–Crippen MR) is 125 cm³/mol. The minimum atomic E-state index is -0.528. The lowest BCUT2D eigenvalue weighted by Crippen LogP contribution is -2.05. The topological polar surface area (TPSA) is 90.9 Å². The lowest BCUT2D eigenvalue weighted by atomic mass is 10.1. The molecule has 0 unspecified atom stereocenters. The van der Waals surface area contributed by atoms with Gasteiger partial charge in [0.1, 0.15) is 0 Å². The summed E-state index contributed by atoms with van der Waals surface area (Å²) >= 11 is 13.2. The van der Waals surface area contributed by atoms with Crippen molar-refractivity contribution in [3.05, 3.63) is 98.5 Å². The van der Waals surface area contributed by atoms with E-state index in [0.29, 0.717) is 21.0 Å². The Bertz CT molecular complexity index is 1290. The maximum Gasteiger partial charge on any atom is 0.270 e. The SMILES string of the molecule is O=C(CSc1nnc(-c2ccc(Cl)cc2)n1-c1ccc(Cl)cc1)c1cccc([N+](=O)[O-])c1. The molecular weight excluding hydrogens is 471 g/mol. The summed E-state index contributed by atoms with van der Waals surface area (Å²) < 4.78 is 1.82. The van der Waals surface area contributed by atoms with Crippen LogP contribution in [0, 0.1) is 10.1 Å². The molecule has 0 fully saturated rings. The molecule has 3 aromatic carbocycles. The van der Waals surface area contributed by atoms with Crippen LogP contribution in [0.2, 0.25) is 10.0 Å². The van der Waals surface area contributed by atoms with Gasteiger partial charge in [-0.1, -0.05) is 47.1 Å². The molecule has 0 aliphatic heterocycles. The lowest BCUT2D eigenvalue weighted by Gasteiger charge is -2.10. The van der Waals surface area contributed by atoms with Gasteiger partial charge in [-0.05, 0) is 48.5 Å². The Morgan fingerprint density at radius 2 is 1.62 bits per heavy atom. The zero-order valence-corrected chi connectivity index (χ0v) is 18.6. The molecular formula is C22H14Cl2N4O3S. The number of carbonyl (C=O) groups is 1. The largest absolute Gasteiger partial charge is 0.293 e. The molecule has 4 rings (SSSR count). The summed E-state index contributed by atoms with van der Waals surface area (Å²) in [5, 5.41) is 21.3. The number of hydrogen-bond donors (Lipinski definition) is 0. The second-order valence-corrected chi connectivity index (χ2v) is 8.46. The maximum absolute atomic E-state index is 12.7. The molecule has 0 radical (unpaired) electrons. The molecule has 32 heavy (non-hydrogen) atoms. The summed E-state index contributed by atoms with van der Waals surface area (Å²) in [5.41, 5.74) is 1.71. The first-order chi connectivity index (χ1) is 15.4. The summed E-state index contributed by atoms with van der Waals surface area (Å²) in [5.74, 6) is 0.361. The number of nitro groups is 1. The average Bonchev–Trinajstić information content (AvgIpc) is 3.22. The molecule has 0 spiro atoms. The van der Waals surface area contributed by atoms with Gasteiger partial charge in [0.25, 0.3) is 5.69 Å². The maximum atomic E-state index is 12.7. The number of rotatable bonds is 7. The van der Waals surface area contributed by atoms with Crippen LogP contribution in [0.3, 0.4) is 0 Å². The first-order valence-electron chi connectivity index (χ1n) is 9.30. The zero-order valence-electron chi connectivity index (χ0n) is 16.3. The Morgan fingerprint density at radius 3 is 2.28 bits per heavy atom. The molecule has 0 saturated heterocycles. The number of thioether (sulfide) groups is 1. The smallest absolute Gasteiger partial charge is 0.270 e. The molecule has 0 bridgehead atoms. The van der Waals surface area contributed by atoms with Crippen LogP contribution in [0.25, 0.3) is 17.1 Å². The molecule has 10 heteroatoms. The van der Waals surface area contributed by atoms with Crippen molar-refractivity contribution in [1.29, 1.82) is 0 Å². The average molecular weight is 485 g/mol. The van der Waals surface area contributed by atoms with Gasteiger partial charge in [-0.15, -0.1) is 10.2 Å². The van der Waals surface area contributed by atoms with Gasteiger partial charge in [0.2, 0.25) is 0 Å². The number of aromatic nitrogens is 3. The second-order valence-electron chi connectivity index (χ2n) is 6.64. The van der Waals surface area contributed by atoms with Gasteiger partial charge in [0.15, 0.2) is 16.8 Å². The van der Waals surface area contributed by atoms with E-state index in [4.69, 9.17) is 23.2 Å². The number of benzene rings is 3. The molecule has 0 saturated carbocycles. The first kappa shape index (κ1) is 22.0. The van der Waals surface area contributed by atoms with E-state index in [2.05, 4.69) is 10.2 Å². The van der Waals surface area contributed by atoms with E-state index in [1.165, 1.54) is 30.0 Å². The number of Topliss-reactive ketones (excluding diaryl/α,β-unsaturated/α-hetero) is 1. The van der Waals surface area contributed by atoms with Crippen LogP contribution in [-0.2, 0) is 0 Å². The monoisotopic (exact) mass is 484 g/mol. The third kappa shape index (κ3) is 4.83. The molecule has 4 aromatic rings. The molecule has 1 aromatic heterocycles. The van der Waals surface area contributed by atoms with Crippen LogP contribution in [0.5, 0.6) is 0 Å². The van der Waals surface area contributed by atoms with Crippen molar-refractivity contribution in [3.8, 4) is 17.1 Å². The number of nitrogens with zero attached hydrogens (tertiary/aromatic N) is 4. The predicted octanol–water partition coefficient (Wildman–Crippen LogP) is 6.12. The minimum absolute atomic E-state index is 0.0352. The van der Waals surface area contributed by atoms with E-state index in [-0.39, 0.29) is 22.8 Å². The van der Waals surface area contributed by atoms with Crippen molar-refractivity contribution in [1.82, 2.24) is 14.8 Å². The van der Waals surface area contributed by atoms with E-state index >= 15 is 0 Å². The highest BCUT2D eigenvalue weighted by molar-refractivity contribution is 7.99. The normalized spacial score (nSPS) is 10.8. The van der Waals surface area contributed by atoms with Crippen molar-refractivity contribution < 1.29 is 9.72 Å². The first-order valence-corrected chi connectivity index (χ1v) is 11.0. The van der Waals surface area contributed by atoms with Gasteiger partial charge in [-0.2, -0.15) is 0 Å². The Hall–Kier alpha value is -3.20. The van der Waals surface area contributed by atoms with Crippen LogP contribution < -0.4 is 0 Å². The minimum Gasteiger partial charge on any atom is -0.293 e. The van der Waals surface area contributed by atoms with Crippen LogP contribution in [0.15, 0.2) is 78.0 Å². The van der Waals surface area contributed by atoms with Gasteiger partial charge in [-0.3, -0.25) is 19.5 Å². The molecule has 0 N–H and O–H groups in total. The van der Waals surface area contributed by atoms with Gasteiger partial charge in [-0.25, -0.2) is 0 Å². The van der Waals surface area contributed by atoms with Gasteiger partial charge >= 0.3 is 0 Å². The molecule has 0 amide bonds. The standard InChI is InChI=1S/C22H14Cl2N4O3S/c23-16-6-4-14(5-7-16)21-25-26-22(27(21)18-10-8-17(24)9-11-18)32-13-20(29)15-2-1-3-19(12-15)28(30)31/h1-12H,13H2. The third-order valence-electron chi connectivity index (χ3n) is 4.53. The van der Waals surface area contributed by atoms with Gasteiger partial charge in [0, 0.05) is 39.0 Å². The van der Waals surface area contributed by atoms with Crippen LogP contribution in [0.4, 0.5) is 5.69 Å². The highest BCUT2D eigenvalue weighted by atomic mass is 35.5. The van der Waals surface area contributed by atoms with Crippen LogP contribution in [-0.4, -0.2) is 31.2 Å². The third-order valence-corrected chi connectivity index (χ3v) is 5.96. The fourth-order valence-corrected chi connectivity index (χ4v) is 4.08. The van der Waals surface area contributed by atoms with E-state index < -0.39 is 4.92 Å². The number of hydrogen-bond acceptors (Lipinski definition) is 6. The number of ketones is 1. The Kier molecular flexibility index (Phi) is 6.55. The molecule has 0 aliphatic carbocycles. The quantitative estimate of drug-likeness (QED) is 0.136. The van der Waals surface area contributed by atoms with Crippen LogP contribution >= 0.6 is 35.0 Å². The number of halogens is 2. The van der Waals surface area contributed by atoms with E-state index in [1.54, 1.807) is 30.3 Å². The van der Waals surface area contributed by atoms with Gasteiger partial charge in [0.05, 0.1) is 10.7 Å². The fourth-order valence-electron chi connectivity index (χ4n) is 2.98. The van der Waals surface area contributed by atoms with Crippen LogP contribution in [0.1, 0.15) is 10.4 Å². The van der Waals surface area contributed by atoms with E-state index in [0.717, 1.165) is 11.3 Å². The Morgan fingerprint density at radius 1 is 0.969 bits per heavy atom. The Labute approximate surface area is 197 Å². The molecule has 1 heterocycles. The zero-order chi connectivity index (χ0) is 22.7. The highest BCUT2D eigenvalue weighted by Crippen LogP contribution is 2.30. The molecule has 0 aliphatic rings. The summed E-state index contributed by atoms with van der Waals surface area (Å²) in [7, 11) is 0. The van der Waals surface area contributed by atoms with Crippen molar-refractivity contribution in [3.63, 3.8) is 0 Å². The molecule has 7 nitrogen and oxygen atoms in total. The van der Waals surface area contributed by atoms with E-state index in [1.807, 2.05) is 28.8 Å². The lowest BCUT2D eigenvalue weighted by molar-refractivity contribution is -0.384. The Balaban J connectivity index is 1.66. The number of nitro benzene ring substituents is 1. The van der Waals surface area contributed by atoms with Crippen molar-refractivity contribution >= 4 is 46.4 Å². The summed E-state index contributed by atoms with van der Waals surface area (Å²) in [6.45, 7) is 0. The summed E-state index contributed by atoms with van der Waals surface area (Å²) in [4.78, 5) is 23.1. The molecule has 0 atom stereocenters. The summed E-state index contributed by atoms with van der Waals surface area (Å²) in [6, 6.07) is 20.0. The van der Waals surface area contributed by atoms with Crippen molar-refractivity contribution in [2.24, 2.45) is 0 Å². The van der Waals surface area contributed by atoms with Gasteiger partial charge < -0.3 is 0 Å². The van der Waals surface area contributed by atoms with Crippen molar-refractivity contribution in [2.75, 3.05) is 5.75 Å². The van der Waals surface area contributed by atoms with Crippen molar-refractivity contribution in [2.45, 2.75) is 5.16 Å². The fraction of sp³-hybridized carbons (Fsp3) is 0.0455.